The molecule has 138 valence electrons. The van der Waals surface area contributed by atoms with Crippen LogP contribution in [0.3, 0.4) is 0 Å². The molecule has 0 amide bonds. The van der Waals surface area contributed by atoms with Crippen molar-refractivity contribution in [2.75, 3.05) is 20.1 Å². The molecule has 25 heavy (non-hydrogen) atoms. The van der Waals surface area contributed by atoms with Crippen LogP contribution in [0, 0.1) is 0 Å². The number of carboxylic acids is 2. The summed E-state index contributed by atoms with van der Waals surface area (Å²) < 4.78 is 0. The Bertz CT molecular complexity index is 598. The molecule has 0 aromatic heterocycles. The van der Waals surface area contributed by atoms with Crippen LogP contribution >= 0.6 is 0 Å². The van der Waals surface area contributed by atoms with E-state index in [1.807, 2.05) is 12.1 Å². The van der Waals surface area contributed by atoms with Gasteiger partial charge in [-0.3, -0.25) is 0 Å². The van der Waals surface area contributed by atoms with Crippen molar-refractivity contribution >= 4 is 11.9 Å². The number of carbonyl (C=O) groups is 2. The molecule has 0 aliphatic carbocycles. The topological polar surface area (TPSA) is 98.1 Å². The number of hydrogen-bond acceptors (Lipinski definition) is 4. The van der Waals surface area contributed by atoms with Gasteiger partial charge in [-0.25, -0.2) is 9.59 Å². The minimum absolute atomic E-state index is 0.226. The van der Waals surface area contributed by atoms with Gasteiger partial charge < -0.3 is 20.2 Å². The highest BCUT2D eigenvalue weighted by molar-refractivity contribution is 5.89. The highest BCUT2D eigenvalue weighted by Gasteiger charge is 2.33. The van der Waals surface area contributed by atoms with Crippen molar-refractivity contribution in [3.8, 4) is 5.75 Å². The Morgan fingerprint density at radius 3 is 2.36 bits per heavy atom. The maximum absolute atomic E-state index is 9.68. The van der Waals surface area contributed by atoms with Crippen LogP contribution < -0.4 is 0 Å². The zero-order chi connectivity index (χ0) is 18.9. The van der Waals surface area contributed by atoms with Crippen molar-refractivity contribution in [2.24, 2.45) is 0 Å². The Morgan fingerprint density at radius 2 is 1.84 bits per heavy atom. The number of phenolic OH excluding ortho intramolecular Hbond substituents is 1. The fourth-order valence-corrected chi connectivity index (χ4v) is 3.23. The summed E-state index contributed by atoms with van der Waals surface area (Å²) in [6.45, 7) is 4.57. The molecular formula is C19H27NO5. The zero-order valence-electron chi connectivity index (χ0n) is 14.8. The molecule has 1 saturated heterocycles. The molecule has 1 heterocycles. The average molecular weight is 349 g/mol. The van der Waals surface area contributed by atoms with E-state index in [1.165, 1.54) is 31.4 Å². The highest BCUT2D eigenvalue weighted by atomic mass is 16.4. The first-order chi connectivity index (χ1) is 11.8. The monoisotopic (exact) mass is 349 g/mol. The second-order valence-corrected chi connectivity index (χ2v) is 6.39. The van der Waals surface area contributed by atoms with Gasteiger partial charge in [0.15, 0.2) is 0 Å². The summed E-state index contributed by atoms with van der Waals surface area (Å²) in [6.07, 6.45) is 6.06. The predicted octanol–water partition coefficient (Wildman–Crippen LogP) is 2.87. The van der Waals surface area contributed by atoms with Gasteiger partial charge in [0, 0.05) is 24.1 Å². The summed E-state index contributed by atoms with van der Waals surface area (Å²) in [6, 6.07) is 7.84. The van der Waals surface area contributed by atoms with Crippen molar-refractivity contribution in [3.63, 3.8) is 0 Å². The summed E-state index contributed by atoms with van der Waals surface area (Å²) in [4.78, 5) is 21.5. The number of nitrogens with zero attached hydrogens (tertiary/aromatic N) is 1. The summed E-state index contributed by atoms with van der Waals surface area (Å²) in [5.74, 6) is -2.12. The van der Waals surface area contributed by atoms with Crippen LogP contribution in [0.4, 0.5) is 0 Å². The SMILES string of the molecule is CCC1(c2cccc(O)c2)CCCCN(C)C1.O=C(O)/C=C\C(=O)O. The molecule has 0 bridgehead atoms. The smallest absolute Gasteiger partial charge is 0.328 e. The van der Waals surface area contributed by atoms with Gasteiger partial charge in [0.2, 0.25) is 0 Å². The van der Waals surface area contributed by atoms with Gasteiger partial charge in [-0.2, -0.15) is 0 Å². The first-order valence-corrected chi connectivity index (χ1v) is 8.41. The number of likely N-dealkylation sites (tertiary alicyclic amines) is 1. The fraction of sp³-hybridized carbons (Fsp3) is 0.474. The van der Waals surface area contributed by atoms with Crippen LogP contribution in [0.5, 0.6) is 5.75 Å². The van der Waals surface area contributed by atoms with E-state index in [1.54, 1.807) is 6.07 Å². The van der Waals surface area contributed by atoms with E-state index >= 15 is 0 Å². The first-order valence-electron chi connectivity index (χ1n) is 8.41. The number of benzene rings is 1. The molecule has 2 rings (SSSR count). The van der Waals surface area contributed by atoms with Crippen molar-refractivity contribution in [1.29, 1.82) is 0 Å². The molecule has 0 saturated carbocycles. The number of rotatable bonds is 4. The molecule has 6 heteroatoms. The Hall–Kier alpha value is -2.34. The fourth-order valence-electron chi connectivity index (χ4n) is 3.23. The Labute approximate surface area is 148 Å². The van der Waals surface area contributed by atoms with Gasteiger partial charge in [-0.15, -0.1) is 0 Å². The lowest BCUT2D eigenvalue weighted by Gasteiger charge is -2.35. The van der Waals surface area contributed by atoms with E-state index in [0.717, 1.165) is 13.0 Å². The molecule has 1 aliphatic heterocycles. The molecule has 0 spiro atoms. The molecule has 1 fully saturated rings. The number of aliphatic carboxylic acids is 2. The molecule has 1 atom stereocenters. The van der Waals surface area contributed by atoms with E-state index in [4.69, 9.17) is 10.2 Å². The van der Waals surface area contributed by atoms with Gasteiger partial charge in [0.05, 0.1) is 0 Å². The van der Waals surface area contributed by atoms with Crippen LogP contribution in [0.15, 0.2) is 36.4 Å². The normalized spacial score (nSPS) is 21.2. The van der Waals surface area contributed by atoms with Crippen LogP contribution in [-0.4, -0.2) is 52.3 Å². The van der Waals surface area contributed by atoms with Crippen LogP contribution in [0.1, 0.15) is 38.2 Å². The third kappa shape index (κ3) is 6.97. The van der Waals surface area contributed by atoms with Crippen LogP contribution in [0.2, 0.25) is 0 Å². The lowest BCUT2D eigenvalue weighted by Crippen LogP contribution is -2.37. The summed E-state index contributed by atoms with van der Waals surface area (Å²) in [7, 11) is 2.21. The zero-order valence-corrected chi connectivity index (χ0v) is 14.8. The Kier molecular flexibility index (Phi) is 8.15. The van der Waals surface area contributed by atoms with E-state index in [9.17, 15) is 14.7 Å². The van der Waals surface area contributed by atoms with Crippen molar-refractivity contribution < 1.29 is 24.9 Å². The molecule has 1 aliphatic rings. The van der Waals surface area contributed by atoms with Gasteiger partial charge in [0.1, 0.15) is 5.75 Å². The van der Waals surface area contributed by atoms with E-state index in [2.05, 4.69) is 24.9 Å². The highest BCUT2D eigenvalue weighted by Crippen LogP contribution is 2.37. The van der Waals surface area contributed by atoms with Gasteiger partial charge >= 0.3 is 11.9 Å². The summed E-state index contributed by atoms with van der Waals surface area (Å²) in [5, 5.41) is 25.3. The largest absolute Gasteiger partial charge is 0.508 e. The molecule has 1 aromatic carbocycles. The van der Waals surface area contributed by atoms with E-state index < -0.39 is 11.9 Å². The minimum Gasteiger partial charge on any atom is -0.508 e. The molecule has 3 N–H and O–H groups in total. The number of carboxylic acid groups (broad SMARTS) is 2. The number of hydrogen-bond donors (Lipinski definition) is 3. The van der Waals surface area contributed by atoms with Gasteiger partial charge in [-0.1, -0.05) is 25.5 Å². The lowest BCUT2D eigenvalue weighted by molar-refractivity contribution is -0.134. The molecule has 6 nitrogen and oxygen atoms in total. The number of phenols is 1. The van der Waals surface area contributed by atoms with Crippen molar-refractivity contribution in [1.82, 2.24) is 4.90 Å². The van der Waals surface area contributed by atoms with Crippen molar-refractivity contribution in [2.45, 2.75) is 38.0 Å². The first kappa shape index (κ1) is 20.7. The predicted molar refractivity (Wildman–Crippen MR) is 95.8 cm³/mol. The summed E-state index contributed by atoms with van der Waals surface area (Å²) >= 11 is 0. The Morgan fingerprint density at radius 1 is 1.20 bits per heavy atom. The van der Waals surface area contributed by atoms with Crippen LogP contribution in [-0.2, 0) is 15.0 Å². The minimum atomic E-state index is -1.26. The summed E-state index contributed by atoms with van der Waals surface area (Å²) in [5.41, 5.74) is 1.53. The lowest BCUT2D eigenvalue weighted by atomic mass is 9.74. The number of likely N-dealkylation sites (N-methyl/N-ethyl adjacent to an activating group) is 1. The average Bonchev–Trinajstić information content (AvgIpc) is 2.76. The second kappa shape index (κ2) is 9.84. The third-order valence-corrected chi connectivity index (χ3v) is 4.52. The number of aromatic hydroxyl groups is 1. The third-order valence-electron chi connectivity index (χ3n) is 4.52. The molecular weight excluding hydrogens is 322 g/mol. The van der Waals surface area contributed by atoms with Crippen LogP contribution in [0.25, 0.3) is 0 Å². The van der Waals surface area contributed by atoms with Gasteiger partial charge in [-0.05, 0) is 50.6 Å². The standard InChI is InChI=1S/C15H23NO.C4H4O4/c1-3-15(9-4-5-10-16(2)12-15)13-7-6-8-14(17)11-13;5-3(6)1-2-4(7)8/h6-8,11,17H,3-5,9-10,12H2,1-2H3;1-2H,(H,5,6)(H,7,8)/b;2-1-. The maximum Gasteiger partial charge on any atom is 0.328 e. The van der Waals surface area contributed by atoms with Gasteiger partial charge in [0.25, 0.3) is 0 Å². The van der Waals surface area contributed by atoms with E-state index in [0.29, 0.717) is 17.9 Å². The van der Waals surface area contributed by atoms with Crippen molar-refractivity contribution in [3.05, 3.63) is 42.0 Å². The Balaban J connectivity index is 0.000000333. The second-order valence-electron chi connectivity index (χ2n) is 6.39. The molecule has 1 aromatic rings. The quantitative estimate of drug-likeness (QED) is 0.723. The molecule has 0 radical (unpaired) electrons. The maximum atomic E-state index is 9.68. The molecule has 1 unspecified atom stereocenters. The van der Waals surface area contributed by atoms with E-state index in [-0.39, 0.29) is 5.41 Å².